The van der Waals surface area contributed by atoms with Crippen LogP contribution in [0.1, 0.15) is 59.7 Å². The summed E-state index contributed by atoms with van der Waals surface area (Å²) in [5.74, 6) is -0.468. The van der Waals surface area contributed by atoms with Gasteiger partial charge in [-0.3, -0.25) is 9.59 Å². The molecule has 2 amide bonds. The van der Waals surface area contributed by atoms with Gasteiger partial charge in [0.1, 0.15) is 11.6 Å². The van der Waals surface area contributed by atoms with Gasteiger partial charge < -0.3 is 10.2 Å². The maximum atomic E-state index is 13.2. The number of benzene rings is 4. The van der Waals surface area contributed by atoms with Gasteiger partial charge in [-0.25, -0.2) is 8.78 Å². The fourth-order valence-electron chi connectivity index (χ4n) is 5.60. The highest BCUT2D eigenvalue weighted by Crippen LogP contribution is 2.45. The van der Waals surface area contributed by atoms with E-state index in [1.165, 1.54) is 35.4 Å². The molecule has 4 aromatic carbocycles. The van der Waals surface area contributed by atoms with Crippen LogP contribution in [-0.4, -0.2) is 30.3 Å². The number of amides is 2. The SMILES string of the molecule is CC1(c2ccc(F)cc2)CCN(C(=O)c2ccc(-c3ccc(F)cc3)cc2)CC1.Cc1ccc(C2(NC=O)CC2)cc1. The number of nitrogens with one attached hydrogen (secondary N) is 1. The first kappa shape index (κ1) is 29.2. The van der Waals surface area contributed by atoms with E-state index in [-0.39, 0.29) is 28.5 Å². The molecule has 4 aromatic rings. The molecule has 1 aliphatic heterocycles. The monoisotopic (exact) mass is 566 g/mol. The number of likely N-dealkylation sites (tertiary alicyclic amines) is 1. The molecule has 6 heteroatoms. The fraction of sp³-hybridized carbons (Fsp3) is 0.278. The van der Waals surface area contributed by atoms with Crippen LogP contribution < -0.4 is 5.32 Å². The van der Waals surface area contributed by atoms with E-state index in [4.69, 9.17) is 0 Å². The van der Waals surface area contributed by atoms with Gasteiger partial charge in [-0.2, -0.15) is 0 Å². The average molecular weight is 567 g/mol. The molecule has 0 bridgehead atoms. The first-order valence-electron chi connectivity index (χ1n) is 14.4. The number of halogens is 2. The summed E-state index contributed by atoms with van der Waals surface area (Å²) in [6.45, 7) is 5.59. The van der Waals surface area contributed by atoms with Gasteiger partial charge in [0.2, 0.25) is 6.41 Å². The average Bonchev–Trinajstić information content (AvgIpc) is 3.79. The van der Waals surface area contributed by atoms with Crippen molar-refractivity contribution in [3.8, 4) is 11.1 Å². The predicted molar refractivity (Wildman–Crippen MR) is 162 cm³/mol. The van der Waals surface area contributed by atoms with Gasteiger partial charge >= 0.3 is 0 Å². The van der Waals surface area contributed by atoms with Gasteiger partial charge in [0.05, 0.1) is 5.54 Å². The molecule has 2 aliphatic rings. The van der Waals surface area contributed by atoms with Crippen molar-refractivity contribution in [1.82, 2.24) is 10.2 Å². The smallest absolute Gasteiger partial charge is 0.253 e. The predicted octanol–water partition coefficient (Wildman–Crippen LogP) is 7.56. The van der Waals surface area contributed by atoms with Gasteiger partial charge in [-0.05, 0) is 96.7 Å². The lowest BCUT2D eigenvalue weighted by molar-refractivity contribution is -0.110. The van der Waals surface area contributed by atoms with Crippen LogP contribution in [0.5, 0.6) is 0 Å². The summed E-state index contributed by atoms with van der Waals surface area (Å²) >= 11 is 0. The van der Waals surface area contributed by atoms with Crippen LogP contribution in [0.3, 0.4) is 0 Å². The Balaban J connectivity index is 0.000000226. The number of carbonyl (C=O) groups excluding carboxylic acids is 2. The highest BCUT2D eigenvalue weighted by Gasteiger charge is 2.43. The minimum atomic E-state index is -0.265. The van der Waals surface area contributed by atoms with Crippen molar-refractivity contribution >= 4 is 12.3 Å². The maximum Gasteiger partial charge on any atom is 0.253 e. The zero-order chi connectivity index (χ0) is 29.7. The normalized spacial score (nSPS) is 16.5. The molecule has 216 valence electrons. The Morgan fingerprint density at radius 3 is 1.69 bits per heavy atom. The summed E-state index contributed by atoms with van der Waals surface area (Å²) in [7, 11) is 0. The van der Waals surface area contributed by atoms with Gasteiger partial charge in [-0.15, -0.1) is 0 Å². The molecule has 6 rings (SSSR count). The van der Waals surface area contributed by atoms with Crippen LogP contribution in [0.15, 0.2) is 97.1 Å². The van der Waals surface area contributed by atoms with E-state index in [1.54, 1.807) is 12.1 Å². The van der Waals surface area contributed by atoms with Crippen molar-refractivity contribution in [2.45, 2.75) is 50.5 Å². The van der Waals surface area contributed by atoms with Crippen LogP contribution in [0.2, 0.25) is 0 Å². The van der Waals surface area contributed by atoms with Gasteiger partial charge in [0.15, 0.2) is 0 Å². The van der Waals surface area contributed by atoms with E-state index in [9.17, 15) is 18.4 Å². The number of hydrogen-bond acceptors (Lipinski definition) is 2. The molecule has 1 saturated heterocycles. The highest BCUT2D eigenvalue weighted by molar-refractivity contribution is 5.94. The van der Waals surface area contributed by atoms with Gasteiger partial charge in [-0.1, -0.05) is 73.2 Å². The molecular weight excluding hydrogens is 530 g/mol. The molecule has 0 radical (unpaired) electrons. The van der Waals surface area contributed by atoms with E-state index < -0.39 is 0 Å². The lowest BCUT2D eigenvalue weighted by Crippen LogP contribution is -2.43. The number of piperidine rings is 1. The summed E-state index contributed by atoms with van der Waals surface area (Å²) in [5.41, 5.74) is 6.04. The Kier molecular flexibility index (Phi) is 8.53. The third-order valence-electron chi connectivity index (χ3n) is 8.69. The second kappa shape index (κ2) is 12.3. The highest BCUT2D eigenvalue weighted by atomic mass is 19.1. The second-order valence-electron chi connectivity index (χ2n) is 11.7. The van der Waals surface area contributed by atoms with Crippen molar-refractivity contribution in [3.05, 3.63) is 131 Å². The van der Waals surface area contributed by atoms with Crippen LogP contribution >= 0.6 is 0 Å². The standard InChI is InChI=1S/C25H23F2NO.C11H13NO/c1-25(21-8-12-23(27)13-9-21)14-16-28(17-15-25)24(29)20-4-2-18(3-5-20)19-6-10-22(26)11-7-19;1-9-2-4-10(5-3-9)11(6-7-11)12-8-13/h2-13H,14-17H2,1H3;2-5,8H,6-7H2,1H3,(H,12,13). The van der Waals surface area contributed by atoms with E-state index >= 15 is 0 Å². The third-order valence-corrected chi connectivity index (χ3v) is 8.69. The number of nitrogens with zero attached hydrogens (tertiary/aromatic N) is 1. The summed E-state index contributed by atoms with van der Waals surface area (Å²) in [5, 5.41) is 2.89. The van der Waals surface area contributed by atoms with E-state index in [0.717, 1.165) is 48.8 Å². The maximum absolute atomic E-state index is 13.2. The fourth-order valence-corrected chi connectivity index (χ4v) is 5.60. The lowest BCUT2D eigenvalue weighted by Gasteiger charge is -2.40. The second-order valence-corrected chi connectivity index (χ2v) is 11.7. The number of carbonyl (C=O) groups is 2. The van der Waals surface area contributed by atoms with E-state index in [1.807, 2.05) is 41.3 Å². The van der Waals surface area contributed by atoms with Crippen LogP contribution in [0, 0.1) is 18.6 Å². The molecule has 1 aliphatic carbocycles. The van der Waals surface area contributed by atoms with E-state index in [0.29, 0.717) is 18.7 Å². The summed E-state index contributed by atoms with van der Waals surface area (Å²) in [6, 6.07) is 28.8. The van der Waals surface area contributed by atoms with Crippen LogP contribution in [0.25, 0.3) is 11.1 Å². The molecule has 1 N–H and O–H groups in total. The molecule has 0 atom stereocenters. The first-order valence-corrected chi connectivity index (χ1v) is 14.4. The Hall–Kier alpha value is -4.32. The van der Waals surface area contributed by atoms with Gasteiger partial charge in [0.25, 0.3) is 5.91 Å². The van der Waals surface area contributed by atoms with Crippen LogP contribution in [0.4, 0.5) is 8.78 Å². The van der Waals surface area contributed by atoms with Crippen molar-refractivity contribution < 1.29 is 18.4 Å². The molecule has 1 heterocycles. The summed E-state index contributed by atoms with van der Waals surface area (Å²) < 4.78 is 26.3. The number of hydrogen-bond donors (Lipinski definition) is 1. The minimum Gasteiger partial charge on any atom is -0.349 e. The Labute approximate surface area is 246 Å². The van der Waals surface area contributed by atoms with E-state index in [2.05, 4.69) is 43.4 Å². The topological polar surface area (TPSA) is 49.4 Å². The molecule has 0 unspecified atom stereocenters. The lowest BCUT2D eigenvalue weighted by atomic mass is 9.74. The van der Waals surface area contributed by atoms with Crippen molar-refractivity contribution in [2.75, 3.05) is 13.1 Å². The molecule has 1 saturated carbocycles. The van der Waals surface area contributed by atoms with Crippen molar-refractivity contribution in [1.29, 1.82) is 0 Å². The largest absolute Gasteiger partial charge is 0.349 e. The van der Waals surface area contributed by atoms with Crippen molar-refractivity contribution in [2.24, 2.45) is 0 Å². The number of rotatable bonds is 6. The number of aryl methyl sites for hydroxylation is 1. The molecule has 42 heavy (non-hydrogen) atoms. The van der Waals surface area contributed by atoms with Gasteiger partial charge in [0, 0.05) is 18.7 Å². The Morgan fingerprint density at radius 1 is 0.714 bits per heavy atom. The molecule has 4 nitrogen and oxygen atoms in total. The zero-order valence-corrected chi connectivity index (χ0v) is 24.1. The third kappa shape index (κ3) is 6.59. The summed E-state index contributed by atoms with van der Waals surface area (Å²) in [6.07, 6.45) is 4.62. The quantitative estimate of drug-likeness (QED) is 0.245. The Bertz CT molecular complexity index is 1500. The Morgan fingerprint density at radius 2 is 1.19 bits per heavy atom. The first-order chi connectivity index (χ1) is 20.2. The molecule has 0 aromatic heterocycles. The minimum absolute atomic E-state index is 0.0248. The molecular formula is C36H36F2N2O2. The zero-order valence-electron chi connectivity index (χ0n) is 24.1. The molecule has 0 spiro atoms. The van der Waals surface area contributed by atoms with Crippen molar-refractivity contribution in [3.63, 3.8) is 0 Å². The van der Waals surface area contributed by atoms with Crippen LogP contribution in [-0.2, 0) is 15.7 Å². The summed E-state index contributed by atoms with van der Waals surface area (Å²) in [4.78, 5) is 25.2. The molecule has 2 fully saturated rings.